The first-order valence-corrected chi connectivity index (χ1v) is 6.53. The Morgan fingerprint density at radius 2 is 2.19 bits per heavy atom. The van der Waals surface area contributed by atoms with Crippen molar-refractivity contribution in [2.75, 3.05) is 0 Å². The van der Waals surface area contributed by atoms with Crippen LogP contribution >= 0.6 is 0 Å². The minimum Gasteiger partial charge on any atom is -0.487 e. The SMILES string of the molecule is Cc1cccc(OCc2cn3cccc(C(=O)O)c3n2)c1. The van der Waals surface area contributed by atoms with E-state index in [0.29, 0.717) is 17.9 Å². The first kappa shape index (κ1) is 13.2. The molecule has 0 saturated carbocycles. The van der Waals surface area contributed by atoms with E-state index in [4.69, 9.17) is 9.84 Å². The summed E-state index contributed by atoms with van der Waals surface area (Å²) in [6.45, 7) is 2.29. The Kier molecular flexibility index (Phi) is 3.31. The molecule has 0 fully saturated rings. The molecule has 1 N–H and O–H groups in total. The second kappa shape index (κ2) is 5.28. The summed E-state index contributed by atoms with van der Waals surface area (Å²) in [6, 6.07) is 11.0. The van der Waals surface area contributed by atoms with Crippen LogP contribution in [-0.2, 0) is 6.61 Å². The zero-order valence-corrected chi connectivity index (χ0v) is 11.5. The van der Waals surface area contributed by atoms with Crippen molar-refractivity contribution in [3.8, 4) is 5.75 Å². The van der Waals surface area contributed by atoms with Crippen LogP contribution < -0.4 is 4.74 Å². The van der Waals surface area contributed by atoms with Crippen LogP contribution in [0, 0.1) is 6.92 Å². The maximum atomic E-state index is 11.2. The van der Waals surface area contributed by atoms with E-state index < -0.39 is 5.97 Å². The first-order valence-electron chi connectivity index (χ1n) is 6.53. The lowest BCUT2D eigenvalue weighted by molar-refractivity contribution is 0.0698. The third kappa shape index (κ3) is 2.72. The maximum Gasteiger partial charge on any atom is 0.339 e. The summed E-state index contributed by atoms with van der Waals surface area (Å²) < 4.78 is 7.37. The molecule has 0 bridgehead atoms. The second-order valence-corrected chi connectivity index (χ2v) is 4.80. The summed E-state index contributed by atoms with van der Waals surface area (Å²) >= 11 is 0. The van der Waals surface area contributed by atoms with Crippen molar-refractivity contribution in [1.82, 2.24) is 9.38 Å². The predicted molar refractivity (Wildman–Crippen MR) is 77.7 cm³/mol. The highest BCUT2D eigenvalue weighted by Crippen LogP contribution is 2.16. The molecule has 106 valence electrons. The van der Waals surface area contributed by atoms with Gasteiger partial charge in [-0.3, -0.25) is 0 Å². The molecule has 0 spiro atoms. The fraction of sp³-hybridized carbons (Fsp3) is 0.125. The van der Waals surface area contributed by atoms with Gasteiger partial charge in [0.2, 0.25) is 0 Å². The van der Waals surface area contributed by atoms with Gasteiger partial charge >= 0.3 is 5.97 Å². The highest BCUT2D eigenvalue weighted by molar-refractivity contribution is 5.94. The topological polar surface area (TPSA) is 63.8 Å². The number of imidazole rings is 1. The lowest BCUT2D eigenvalue weighted by atomic mass is 10.2. The molecule has 5 heteroatoms. The number of carboxylic acids is 1. The van der Waals surface area contributed by atoms with E-state index in [1.807, 2.05) is 31.2 Å². The van der Waals surface area contributed by atoms with E-state index in [1.54, 1.807) is 22.9 Å². The molecule has 21 heavy (non-hydrogen) atoms. The van der Waals surface area contributed by atoms with E-state index in [9.17, 15) is 4.79 Å². The van der Waals surface area contributed by atoms with Gasteiger partial charge in [-0.25, -0.2) is 9.78 Å². The van der Waals surface area contributed by atoms with Gasteiger partial charge in [0.25, 0.3) is 0 Å². The van der Waals surface area contributed by atoms with Gasteiger partial charge in [-0.05, 0) is 36.8 Å². The molecule has 0 aliphatic carbocycles. The third-order valence-electron chi connectivity index (χ3n) is 3.14. The van der Waals surface area contributed by atoms with Gasteiger partial charge in [0.05, 0.1) is 5.69 Å². The van der Waals surface area contributed by atoms with Crippen molar-refractivity contribution in [2.24, 2.45) is 0 Å². The van der Waals surface area contributed by atoms with Crippen LogP contribution in [0.3, 0.4) is 0 Å². The van der Waals surface area contributed by atoms with E-state index in [0.717, 1.165) is 11.3 Å². The minimum atomic E-state index is -0.989. The largest absolute Gasteiger partial charge is 0.487 e. The number of aromatic carboxylic acids is 1. The maximum absolute atomic E-state index is 11.2. The minimum absolute atomic E-state index is 0.180. The molecule has 2 heterocycles. The molecule has 5 nitrogen and oxygen atoms in total. The summed E-state index contributed by atoms with van der Waals surface area (Å²) in [4.78, 5) is 15.5. The highest BCUT2D eigenvalue weighted by Gasteiger charge is 2.11. The van der Waals surface area contributed by atoms with Crippen molar-refractivity contribution in [3.63, 3.8) is 0 Å². The zero-order chi connectivity index (χ0) is 14.8. The smallest absolute Gasteiger partial charge is 0.339 e. The number of pyridine rings is 1. The Morgan fingerprint density at radius 1 is 1.33 bits per heavy atom. The fourth-order valence-corrected chi connectivity index (χ4v) is 2.16. The summed E-state index contributed by atoms with van der Waals surface area (Å²) in [6.07, 6.45) is 3.54. The van der Waals surface area contributed by atoms with Gasteiger partial charge in [-0.2, -0.15) is 0 Å². The van der Waals surface area contributed by atoms with Crippen molar-refractivity contribution in [3.05, 3.63) is 65.6 Å². The second-order valence-electron chi connectivity index (χ2n) is 4.80. The Labute approximate surface area is 121 Å². The molecular formula is C16H14N2O3. The molecule has 0 amide bonds. The molecule has 3 rings (SSSR count). The van der Waals surface area contributed by atoms with E-state index in [1.165, 1.54) is 6.07 Å². The number of rotatable bonds is 4. The van der Waals surface area contributed by atoms with Crippen molar-refractivity contribution < 1.29 is 14.6 Å². The van der Waals surface area contributed by atoms with Crippen LogP contribution in [0.4, 0.5) is 0 Å². The van der Waals surface area contributed by atoms with Crippen molar-refractivity contribution in [1.29, 1.82) is 0 Å². The van der Waals surface area contributed by atoms with Crippen LogP contribution in [0.2, 0.25) is 0 Å². The average Bonchev–Trinajstić information content (AvgIpc) is 2.87. The molecule has 0 aliphatic heterocycles. The Balaban J connectivity index is 1.85. The molecule has 0 saturated heterocycles. The van der Waals surface area contributed by atoms with Gasteiger partial charge in [0.15, 0.2) is 5.65 Å². The van der Waals surface area contributed by atoms with Crippen LogP contribution in [0.5, 0.6) is 5.75 Å². The molecular weight excluding hydrogens is 268 g/mol. The zero-order valence-electron chi connectivity index (χ0n) is 11.5. The average molecular weight is 282 g/mol. The summed E-state index contributed by atoms with van der Waals surface area (Å²) in [5.41, 5.74) is 2.41. The number of benzene rings is 1. The predicted octanol–water partition coefficient (Wildman–Crippen LogP) is 2.92. The fourth-order valence-electron chi connectivity index (χ4n) is 2.16. The first-order chi connectivity index (χ1) is 10.1. The molecule has 0 unspecified atom stereocenters. The van der Waals surface area contributed by atoms with Crippen molar-refractivity contribution >= 4 is 11.6 Å². The number of carboxylic acid groups (broad SMARTS) is 1. The van der Waals surface area contributed by atoms with Gasteiger partial charge in [-0.15, -0.1) is 0 Å². The monoisotopic (exact) mass is 282 g/mol. The number of aryl methyl sites for hydroxylation is 1. The molecule has 0 radical (unpaired) electrons. The number of hydrogen-bond donors (Lipinski definition) is 1. The summed E-state index contributed by atoms with van der Waals surface area (Å²) in [5.74, 6) is -0.220. The van der Waals surface area contributed by atoms with Gasteiger partial charge in [0.1, 0.15) is 17.9 Å². The molecule has 0 aliphatic rings. The summed E-state index contributed by atoms with van der Waals surface area (Å²) in [5, 5.41) is 9.15. The quantitative estimate of drug-likeness (QED) is 0.799. The Bertz CT molecular complexity index is 808. The number of aromatic nitrogens is 2. The molecule has 3 aromatic rings. The number of carbonyl (C=O) groups is 1. The van der Waals surface area contributed by atoms with Crippen LogP contribution in [0.25, 0.3) is 5.65 Å². The van der Waals surface area contributed by atoms with Gasteiger partial charge in [0, 0.05) is 12.4 Å². The number of ether oxygens (including phenoxy) is 1. The van der Waals surface area contributed by atoms with Gasteiger partial charge < -0.3 is 14.2 Å². The summed E-state index contributed by atoms with van der Waals surface area (Å²) in [7, 11) is 0. The van der Waals surface area contributed by atoms with Crippen LogP contribution in [0.15, 0.2) is 48.8 Å². The molecule has 2 aromatic heterocycles. The number of nitrogens with zero attached hydrogens (tertiary/aromatic N) is 2. The van der Waals surface area contributed by atoms with E-state index in [-0.39, 0.29) is 5.56 Å². The Morgan fingerprint density at radius 3 is 2.95 bits per heavy atom. The normalized spacial score (nSPS) is 10.7. The number of hydrogen-bond acceptors (Lipinski definition) is 3. The lowest BCUT2D eigenvalue weighted by Crippen LogP contribution is -2.00. The van der Waals surface area contributed by atoms with E-state index in [2.05, 4.69) is 4.98 Å². The Hall–Kier alpha value is -2.82. The standard InChI is InChI=1S/C16H14N2O3/c1-11-4-2-5-13(8-11)21-10-12-9-18-7-3-6-14(16(19)20)15(18)17-12/h2-9H,10H2,1H3,(H,19,20). The van der Waals surface area contributed by atoms with Crippen LogP contribution in [0.1, 0.15) is 21.6 Å². The van der Waals surface area contributed by atoms with Crippen molar-refractivity contribution in [2.45, 2.75) is 13.5 Å². The molecule has 1 aromatic carbocycles. The number of fused-ring (bicyclic) bond motifs is 1. The van der Waals surface area contributed by atoms with Crippen LogP contribution in [-0.4, -0.2) is 20.5 Å². The lowest BCUT2D eigenvalue weighted by Gasteiger charge is -2.04. The third-order valence-corrected chi connectivity index (χ3v) is 3.14. The van der Waals surface area contributed by atoms with Gasteiger partial charge in [-0.1, -0.05) is 12.1 Å². The molecule has 0 atom stereocenters. The highest BCUT2D eigenvalue weighted by atomic mass is 16.5. The van der Waals surface area contributed by atoms with E-state index >= 15 is 0 Å².